The Labute approximate surface area is 215 Å². The van der Waals surface area contributed by atoms with Gasteiger partial charge in [0.15, 0.2) is 5.65 Å². The van der Waals surface area contributed by atoms with Crippen molar-refractivity contribution in [2.75, 3.05) is 63.4 Å². The van der Waals surface area contributed by atoms with Crippen LogP contribution in [0.15, 0.2) is 30.3 Å². The van der Waals surface area contributed by atoms with Gasteiger partial charge in [0.2, 0.25) is 5.95 Å². The van der Waals surface area contributed by atoms with Crippen molar-refractivity contribution in [3.63, 3.8) is 0 Å². The number of benzene rings is 1. The van der Waals surface area contributed by atoms with Crippen LogP contribution in [0, 0.1) is 0 Å². The molecule has 10 heteroatoms. The number of carbonyl (C=O) groups is 1. The molecular formula is C27H32N6O4. The average Bonchev–Trinajstić information content (AvgIpc) is 3.69. The van der Waals surface area contributed by atoms with Crippen LogP contribution in [0.2, 0.25) is 0 Å². The number of amides is 1. The minimum atomic E-state index is -0.214. The van der Waals surface area contributed by atoms with Crippen LogP contribution in [-0.4, -0.2) is 86.1 Å². The quantitative estimate of drug-likeness (QED) is 0.562. The molecule has 194 valence electrons. The first-order valence-corrected chi connectivity index (χ1v) is 12.8. The predicted molar refractivity (Wildman–Crippen MR) is 140 cm³/mol. The summed E-state index contributed by atoms with van der Waals surface area (Å²) in [6, 6.07) is 9.69. The van der Waals surface area contributed by atoms with Crippen LogP contribution in [0.3, 0.4) is 0 Å². The second-order valence-corrected chi connectivity index (χ2v) is 9.98. The van der Waals surface area contributed by atoms with Crippen LogP contribution in [0.4, 0.5) is 11.8 Å². The van der Waals surface area contributed by atoms with Gasteiger partial charge in [-0.25, -0.2) is 4.98 Å². The molecule has 3 fully saturated rings. The van der Waals surface area contributed by atoms with Gasteiger partial charge in [0, 0.05) is 32.2 Å². The van der Waals surface area contributed by atoms with Crippen LogP contribution in [0.1, 0.15) is 30.1 Å². The second kappa shape index (κ2) is 9.42. The minimum Gasteiger partial charge on any atom is -0.496 e. The van der Waals surface area contributed by atoms with E-state index in [1.807, 2.05) is 18.2 Å². The number of morpholine rings is 2. The summed E-state index contributed by atoms with van der Waals surface area (Å²) in [6.07, 6.45) is 2.16. The Morgan fingerprint density at radius 2 is 2.00 bits per heavy atom. The van der Waals surface area contributed by atoms with Gasteiger partial charge in [-0.15, -0.1) is 0 Å². The highest BCUT2D eigenvalue weighted by Gasteiger charge is 2.48. The molecule has 37 heavy (non-hydrogen) atoms. The highest BCUT2D eigenvalue weighted by molar-refractivity contribution is 5.98. The molecule has 1 aromatic carbocycles. The topological polar surface area (TPSA) is 102 Å². The molecule has 0 radical (unpaired) electrons. The van der Waals surface area contributed by atoms with Crippen LogP contribution in [-0.2, 0) is 9.47 Å². The van der Waals surface area contributed by atoms with Gasteiger partial charge < -0.3 is 29.3 Å². The van der Waals surface area contributed by atoms with E-state index in [1.165, 1.54) is 0 Å². The maximum absolute atomic E-state index is 12.5. The van der Waals surface area contributed by atoms with Crippen molar-refractivity contribution in [2.45, 2.75) is 31.4 Å². The summed E-state index contributed by atoms with van der Waals surface area (Å²) in [7, 11) is 3.16. The SMILES string of the molecule is CNC(=O)c1cc(-c2ccc3c(N4CCOC[C@@H]4C)nc(N4CCOC5(CC5)C4)nc3n2)ccc1OC. The number of methoxy groups -OCH3 is 1. The van der Waals surface area contributed by atoms with Crippen molar-refractivity contribution in [2.24, 2.45) is 0 Å². The van der Waals surface area contributed by atoms with E-state index in [-0.39, 0.29) is 17.6 Å². The number of ether oxygens (including phenoxy) is 3. The molecular weight excluding hydrogens is 472 g/mol. The lowest BCUT2D eigenvalue weighted by Gasteiger charge is -2.36. The van der Waals surface area contributed by atoms with Crippen molar-refractivity contribution in [3.05, 3.63) is 35.9 Å². The van der Waals surface area contributed by atoms with Crippen molar-refractivity contribution in [3.8, 4) is 17.0 Å². The molecule has 1 N–H and O–H groups in total. The Morgan fingerprint density at radius 1 is 1.14 bits per heavy atom. The number of rotatable bonds is 5. The van der Waals surface area contributed by atoms with E-state index >= 15 is 0 Å². The maximum Gasteiger partial charge on any atom is 0.254 e. The van der Waals surface area contributed by atoms with Crippen LogP contribution in [0.5, 0.6) is 5.75 Å². The number of anilines is 2. The van der Waals surface area contributed by atoms with E-state index in [0.717, 1.165) is 54.9 Å². The molecule has 1 amide bonds. The fourth-order valence-electron chi connectivity index (χ4n) is 5.18. The molecule has 1 spiro atoms. The lowest BCUT2D eigenvalue weighted by molar-refractivity contribution is 0.0201. The Morgan fingerprint density at radius 3 is 2.76 bits per heavy atom. The van der Waals surface area contributed by atoms with E-state index in [0.29, 0.717) is 42.7 Å². The van der Waals surface area contributed by atoms with Crippen LogP contribution in [0.25, 0.3) is 22.3 Å². The third-order valence-corrected chi connectivity index (χ3v) is 7.47. The number of nitrogens with zero attached hydrogens (tertiary/aromatic N) is 5. The van der Waals surface area contributed by atoms with Gasteiger partial charge in [0.05, 0.1) is 55.2 Å². The Kier molecular flexibility index (Phi) is 6.08. The van der Waals surface area contributed by atoms with Gasteiger partial charge in [-0.3, -0.25) is 4.79 Å². The van der Waals surface area contributed by atoms with Gasteiger partial charge in [-0.2, -0.15) is 9.97 Å². The first-order chi connectivity index (χ1) is 18.0. The third-order valence-electron chi connectivity index (χ3n) is 7.47. The molecule has 0 unspecified atom stereocenters. The van der Waals surface area contributed by atoms with Gasteiger partial charge in [-0.05, 0) is 50.1 Å². The number of hydrogen-bond acceptors (Lipinski definition) is 9. The fraction of sp³-hybridized carbons (Fsp3) is 0.481. The van der Waals surface area contributed by atoms with Crippen molar-refractivity contribution >= 4 is 28.7 Å². The van der Waals surface area contributed by atoms with Gasteiger partial charge >= 0.3 is 0 Å². The first-order valence-electron chi connectivity index (χ1n) is 12.8. The van der Waals surface area contributed by atoms with E-state index < -0.39 is 0 Å². The van der Waals surface area contributed by atoms with Crippen LogP contribution < -0.4 is 19.9 Å². The number of aromatic nitrogens is 3. The molecule has 2 saturated heterocycles. The Bertz CT molecular complexity index is 1340. The highest BCUT2D eigenvalue weighted by Crippen LogP contribution is 2.43. The number of pyridine rings is 1. The predicted octanol–water partition coefficient (Wildman–Crippen LogP) is 2.65. The summed E-state index contributed by atoms with van der Waals surface area (Å²) in [4.78, 5) is 32.0. The summed E-state index contributed by atoms with van der Waals surface area (Å²) in [5.74, 6) is 1.86. The van der Waals surface area contributed by atoms with E-state index in [9.17, 15) is 4.79 Å². The number of fused-ring (bicyclic) bond motifs is 1. The summed E-state index contributed by atoms with van der Waals surface area (Å²) in [5.41, 5.74) is 2.58. The number of nitrogens with one attached hydrogen (secondary N) is 1. The van der Waals surface area contributed by atoms with Crippen molar-refractivity contribution < 1.29 is 19.0 Å². The molecule has 1 aliphatic carbocycles. The van der Waals surface area contributed by atoms with E-state index in [2.05, 4.69) is 22.0 Å². The van der Waals surface area contributed by atoms with Crippen molar-refractivity contribution in [1.82, 2.24) is 20.3 Å². The Hall–Kier alpha value is -3.50. The Balaban J connectivity index is 1.46. The first kappa shape index (κ1) is 23.9. The third kappa shape index (κ3) is 4.44. The molecule has 0 bridgehead atoms. The van der Waals surface area contributed by atoms with Gasteiger partial charge in [0.1, 0.15) is 11.6 Å². The lowest BCUT2D eigenvalue weighted by Crippen LogP contribution is -2.46. The minimum absolute atomic E-state index is 0.0440. The molecule has 3 aliphatic rings. The largest absolute Gasteiger partial charge is 0.496 e. The van der Waals surface area contributed by atoms with E-state index in [4.69, 9.17) is 29.2 Å². The average molecular weight is 505 g/mol. The second-order valence-electron chi connectivity index (χ2n) is 9.98. The van der Waals surface area contributed by atoms with Gasteiger partial charge in [-0.1, -0.05) is 0 Å². The molecule has 2 aromatic heterocycles. The monoisotopic (exact) mass is 504 g/mol. The lowest BCUT2D eigenvalue weighted by atomic mass is 10.1. The summed E-state index contributed by atoms with van der Waals surface area (Å²) in [6.45, 7) is 6.44. The molecule has 4 heterocycles. The molecule has 10 nitrogen and oxygen atoms in total. The number of hydrogen-bond donors (Lipinski definition) is 1. The molecule has 2 aliphatic heterocycles. The zero-order valence-corrected chi connectivity index (χ0v) is 21.5. The molecule has 3 aromatic rings. The van der Waals surface area contributed by atoms with Crippen molar-refractivity contribution in [1.29, 1.82) is 0 Å². The smallest absolute Gasteiger partial charge is 0.254 e. The standard InChI is InChI=1S/C27H32N6O4/c1-17-15-36-12-11-33(17)24-19-5-6-21(18-4-7-22(35-3)20(14-18)25(34)28-2)29-23(19)30-26(31-24)32-10-13-37-27(16-32)8-9-27/h4-7,14,17H,8-13,15-16H2,1-3H3,(H,28,34)/t17-/m0/s1. The number of carbonyl (C=O) groups excluding carboxylic acids is 1. The summed E-state index contributed by atoms with van der Waals surface area (Å²) >= 11 is 0. The summed E-state index contributed by atoms with van der Waals surface area (Å²) in [5, 5.41) is 3.58. The fourth-order valence-corrected chi connectivity index (χ4v) is 5.18. The molecule has 6 rings (SSSR count). The highest BCUT2D eigenvalue weighted by atomic mass is 16.5. The zero-order chi connectivity index (χ0) is 25.6. The van der Waals surface area contributed by atoms with Gasteiger partial charge in [0.25, 0.3) is 5.91 Å². The zero-order valence-electron chi connectivity index (χ0n) is 21.5. The normalized spacial score (nSPS) is 20.8. The molecule has 1 atom stereocenters. The molecule has 1 saturated carbocycles. The summed E-state index contributed by atoms with van der Waals surface area (Å²) < 4.78 is 17.1. The van der Waals surface area contributed by atoms with E-state index in [1.54, 1.807) is 26.3 Å². The van der Waals surface area contributed by atoms with Crippen LogP contribution >= 0.6 is 0 Å². The maximum atomic E-state index is 12.5.